The van der Waals surface area contributed by atoms with Crippen LogP contribution in [0.1, 0.15) is 33.5 Å². The molecule has 2 rings (SSSR count). The van der Waals surface area contributed by atoms with Gasteiger partial charge in [0.15, 0.2) is 9.84 Å². The molecular weight excluding hydrogens is 270 g/mol. The fourth-order valence-electron chi connectivity index (χ4n) is 1.92. The van der Waals surface area contributed by atoms with Crippen LogP contribution in [-0.4, -0.2) is 41.9 Å². The van der Waals surface area contributed by atoms with Crippen molar-refractivity contribution >= 4 is 26.5 Å². The summed E-state index contributed by atoms with van der Waals surface area (Å²) in [4.78, 5) is 6.59. The zero-order valence-electron chi connectivity index (χ0n) is 11.2. The highest BCUT2D eigenvalue weighted by Gasteiger charge is 2.31. The molecule has 102 valence electrons. The van der Waals surface area contributed by atoms with Crippen molar-refractivity contribution in [2.24, 2.45) is 0 Å². The minimum absolute atomic E-state index is 0.0236. The zero-order valence-corrected chi connectivity index (χ0v) is 12.8. The minimum Gasteiger partial charge on any atom is -0.342 e. The molecule has 1 unspecified atom stereocenters. The molecule has 0 bridgehead atoms. The van der Waals surface area contributed by atoms with E-state index in [0.717, 1.165) is 11.0 Å². The van der Waals surface area contributed by atoms with Crippen LogP contribution in [0.3, 0.4) is 0 Å². The molecule has 1 fully saturated rings. The summed E-state index contributed by atoms with van der Waals surface area (Å²) in [5, 5.41) is 0.835. The van der Waals surface area contributed by atoms with Crippen molar-refractivity contribution in [3.05, 3.63) is 5.82 Å². The molecule has 0 N–H and O–H groups in total. The van der Waals surface area contributed by atoms with Crippen molar-refractivity contribution in [2.75, 3.05) is 23.0 Å². The molecule has 1 aliphatic rings. The lowest BCUT2D eigenvalue weighted by Crippen LogP contribution is -2.47. The van der Waals surface area contributed by atoms with Gasteiger partial charge >= 0.3 is 0 Å². The molecule has 0 aliphatic carbocycles. The highest BCUT2D eigenvalue weighted by molar-refractivity contribution is 7.91. The van der Waals surface area contributed by atoms with E-state index < -0.39 is 9.84 Å². The van der Waals surface area contributed by atoms with E-state index >= 15 is 0 Å². The second kappa shape index (κ2) is 4.45. The molecule has 2 heterocycles. The summed E-state index contributed by atoms with van der Waals surface area (Å²) in [6.07, 6.45) is 0. The Morgan fingerprint density at radius 3 is 2.56 bits per heavy atom. The molecule has 1 aromatic heterocycles. The monoisotopic (exact) mass is 289 g/mol. The third-order valence-electron chi connectivity index (χ3n) is 3.00. The van der Waals surface area contributed by atoms with E-state index in [1.807, 2.05) is 11.8 Å². The predicted molar refractivity (Wildman–Crippen MR) is 74.1 cm³/mol. The fourth-order valence-corrected chi connectivity index (χ4v) is 4.46. The molecular formula is C11H19N3O2S2. The van der Waals surface area contributed by atoms with Crippen molar-refractivity contribution in [3.8, 4) is 0 Å². The Balaban J connectivity index is 2.20. The number of sulfone groups is 1. The zero-order chi connectivity index (χ0) is 13.6. The molecule has 1 saturated heterocycles. The van der Waals surface area contributed by atoms with Gasteiger partial charge in [-0.3, -0.25) is 0 Å². The maximum Gasteiger partial charge on any atom is 0.205 e. The highest BCUT2D eigenvalue weighted by atomic mass is 32.2. The van der Waals surface area contributed by atoms with Crippen LogP contribution in [0, 0.1) is 0 Å². The first-order chi connectivity index (χ1) is 8.19. The molecule has 18 heavy (non-hydrogen) atoms. The van der Waals surface area contributed by atoms with Gasteiger partial charge in [0, 0.05) is 29.5 Å². The van der Waals surface area contributed by atoms with E-state index in [1.54, 1.807) is 0 Å². The lowest BCUT2D eigenvalue weighted by atomic mass is 9.96. The van der Waals surface area contributed by atoms with Crippen LogP contribution >= 0.6 is 11.5 Å². The lowest BCUT2D eigenvalue weighted by molar-refractivity contribution is 0.549. The topological polar surface area (TPSA) is 63.2 Å². The summed E-state index contributed by atoms with van der Waals surface area (Å²) >= 11 is 1.36. The Labute approximate surface area is 112 Å². The summed E-state index contributed by atoms with van der Waals surface area (Å²) in [5.74, 6) is 1.24. The number of hydrogen-bond donors (Lipinski definition) is 0. The summed E-state index contributed by atoms with van der Waals surface area (Å²) in [7, 11) is -2.88. The van der Waals surface area contributed by atoms with E-state index in [0.29, 0.717) is 6.54 Å². The van der Waals surface area contributed by atoms with Crippen LogP contribution in [0.5, 0.6) is 0 Å². The van der Waals surface area contributed by atoms with E-state index in [2.05, 4.69) is 30.1 Å². The smallest absolute Gasteiger partial charge is 0.205 e. The largest absolute Gasteiger partial charge is 0.342 e. The molecule has 1 atom stereocenters. The van der Waals surface area contributed by atoms with Crippen molar-refractivity contribution in [2.45, 2.75) is 39.2 Å². The normalized spacial score (nSPS) is 24.2. The Morgan fingerprint density at radius 1 is 1.39 bits per heavy atom. The molecule has 0 amide bonds. The van der Waals surface area contributed by atoms with Crippen molar-refractivity contribution in [3.63, 3.8) is 0 Å². The molecule has 0 saturated carbocycles. The van der Waals surface area contributed by atoms with Gasteiger partial charge in [-0.05, 0) is 6.92 Å². The van der Waals surface area contributed by atoms with Gasteiger partial charge in [0.25, 0.3) is 0 Å². The van der Waals surface area contributed by atoms with Gasteiger partial charge in [-0.25, -0.2) is 13.4 Å². The maximum atomic E-state index is 11.5. The van der Waals surface area contributed by atoms with Gasteiger partial charge in [0.1, 0.15) is 5.82 Å². The minimum atomic E-state index is -2.88. The molecule has 5 nitrogen and oxygen atoms in total. The second-order valence-electron chi connectivity index (χ2n) is 5.81. The molecule has 1 aromatic rings. The first-order valence-corrected chi connectivity index (χ1v) is 8.60. The molecule has 0 aromatic carbocycles. The number of hydrogen-bond acceptors (Lipinski definition) is 6. The summed E-state index contributed by atoms with van der Waals surface area (Å²) < 4.78 is 27.5. The third kappa shape index (κ3) is 2.83. The Kier molecular flexibility index (Phi) is 3.40. The summed E-state index contributed by atoms with van der Waals surface area (Å²) in [6.45, 7) is 8.66. The number of aromatic nitrogens is 2. The van der Waals surface area contributed by atoms with Gasteiger partial charge in [-0.2, -0.15) is 4.37 Å². The Hall–Kier alpha value is -0.690. The van der Waals surface area contributed by atoms with Crippen LogP contribution in [0.2, 0.25) is 0 Å². The summed E-state index contributed by atoms with van der Waals surface area (Å²) in [6, 6.07) is -0.0236. The van der Waals surface area contributed by atoms with E-state index in [1.165, 1.54) is 11.5 Å². The average molecular weight is 289 g/mol. The lowest BCUT2D eigenvalue weighted by Gasteiger charge is -2.32. The van der Waals surface area contributed by atoms with Crippen LogP contribution in [0.25, 0.3) is 0 Å². The van der Waals surface area contributed by atoms with E-state index in [9.17, 15) is 8.42 Å². The van der Waals surface area contributed by atoms with Crippen molar-refractivity contribution < 1.29 is 8.42 Å². The average Bonchev–Trinajstić information content (AvgIpc) is 2.64. The Bertz CT molecular complexity index is 531. The van der Waals surface area contributed by atoms with Crippen LogP contribution in [0.15, 0.2) is 0 Å². The maximum absolute atomic E-state index is 11.5. The van der Waals surface area contributed by atoms with Crippen LogP contribution in [-0.2, 0) is 15.3 Å². The molecule has 7 heteroatoms. The van der Waals surface area contributed by atoms with Gasteiger partial charge in [-0.15, -0.1) is 0 Å². The van der Waals surface area contributed by atoms with Gasteiger partial charge in [-0.1, -0.05) is 20.8 Å². The fraction of sp³-hybridized carbons (Fsp3) is 0.818. The third-order valence-corrected chi connectivity index (χ3v) is 5.55. The highest BCUT2D eigenvalue weighted by Crippen LogP contribution is 2.28. The van der Waals surface area contributed by atoms with Gasteiger partial charge < -0.3 is 4.90 Å². The first-order valence-electron chi connectivity index (χ1n) is 6.00. The predicted octanol–water partition coefficient (Wildman–Crippen LogP) is 1.46. The summed E-state index contributed by atoms with van der Waals surface area (Å²) in [5.41, 5.74) is -0.0696. The quantitative estimate of drug-likeness (QED) is 0.783. The van der Waals surface area contributed by atoms with E-state index in [-0.39, 0.29) is 23.0 Å². The standard InChI is InChI=1S/C11H19N3O2S2/c1-8-7-18(15,16)6-5-14(8)10-12-9(13-17-10)11(2,3)4/h8H,5-7H2,1-4H3. The van der Waals surface area contributed by atoms with E-state index in [4.69, 9.17) is 0 Å². The van der Waals surface area contributed by atoms with Crippen molar-refractivity contribution in [1.82, 2.24) is 9.36 Å². The van der Waals surface area contributed by atoms with Gasteiger partial charge in [0.2, 0.25) is 5.13 Å². The molecule has 0 spiro atoms. The van der Waals surface area contributed by atoms with Crippen molar-refractivity contribution in [1.29, 1.82) is 0 Å². The number of rotatable bonds is 1. The SMILES string of the molecule is CC1CS(=O)(=O)CCN1c1nc(C(C)(C)C)ns1. The second-order valence-corrected chi connectivity index (χ2v) is 8.77. The molecule has 1 aliphatic heterocycles. The number of anilines is 1. The Morgan fingerprint density at radius 2 is 2.06 bits per heavy atom. The van der Waals surface area contributed by atoms with Crippen LogP contribution in [0.4, 0.5) is 5.13 Å². The van der Waals surface area contributed by atoms with Gasteiger partial charge in [0.05, 0.1) is 11.5 Å². The van der Waals surface area contributed by atoms with Crippen LogP contribution < -0.4 is 4.90 Å². The first kappa shape index (κ1) is 13.7. The molecule has 0 radical (unpaired) electrons. The number of nitrogens with zero attached hydrogens (tertiary/aromatic N) is 3.